The van der Waals surface area contributed by atoms with Crippen LogP contribution >= 0.6 is 0 Å². The number of anilines is 1. The number of carbonyl (C=O) groups is 1. The summed E-state index contributed by atoms with van der Waals surface area (Å²) in [5.74, 6) is 0. The maximum Gasteiger partial charge on any atom is 0.411 e. The van der Waals surface area contributed by atoms with Gasteiger partial charge in [0.15, 0.2) is 0 Å². The summed E-state index contributed by atoms with van der Waals surface area (Å²) in [7, 11) is 2.13. The molecule has 19 heavy (non-hydrogen) atoms. The molecule has 1 aromatic carbocycles. The Morgan fingerprint density at radius 1 is 1.21 bits per heavy atom. The highest BCUT2D eigenvalue weighted by Crippen LogP contribution is 2.05. The van der Waals surface area contributed by atoms with Gasteiger partial charge in [-0.05, 0) is 19.2 Å². The first-order chi connectivity index (χ1) is 9.24. The molecule has 1 aliphatic rings. The van der Waals surface area contributed by atoms with Crippen molar-refractivity contribution in [2.45, 2.75) is 0 Å². The second-order valence-corrected chi connectivity index (χ2v) is 4.77. The van der Waals surface area contributed by atoms with E-state index in [4.69, 9.17) is 4.74 Å². The van der Waals surface area contributed by atoms with Gasteiger partial charge in [-0.1, -0.05) is 18.2 Å². The lowest BCUT2D eigenvalue weighted by Gasteiger charge is -2.31. The summed E-state index contributed by atoms with van der Waals surface area (Å²) in [5.41, 5.74) is 0.757. The predicted molar refractivity (Wildman–Crippen MR) is 75.3 cm³/mol. The number of nitrogens with zero attached hydrogens (tertiary/aromatic N) is 2. The van der Waals surface area contributed by atoms with E-state index in [0.29, 0.717) is 6.61 Å². The van der Waals surface area contributed by atoms with Crippen molar-refractivity contribution < 1.29 is 9.53 Å². The fraction of sp³-hybridized carbons (Fsp3) is 0.500. The topological polar surface area (TPSA) is 44.8 Å². The summed E-state index contributed by atoms with van der Waals surface area (Å²) in [4.78, 5) is 16.2. The number of carbonyl (C=O) groups excluding carboxylic acids is 1. The van der Waals surface area contributed by atoms with Crippen LogP contribution in [0, 0.1) is 0 Å². The molecule has 1 heterocycles. The van der Waals surface area contributed by atoms with E-state index in [1.807, 2.05) is 30.3 Å². The molecule has 0 atom stereocenters. The van der Waals surface area contributed by atoms with Gasteiger partial charge >= 0.3 is 6.09 Å². The molecule has 1 N–H and O–H groups in total. The highest BCUT2D eigenvalue weighted by atomic mass is 16.5. The minimum atomic E-state index is -0.389. The molecule has 1 fully saturated rings. The van der Waals surface area contributed by atoms with Crippen molar-refractivity contribution in [3.63, 3.8) is 0 Å². The largest absolute Gasteiger partial charge is 0.448 e. The van der Waals surface area contributed by atoms with Crippen molar-refractivity contribution in [2.75, 3.05) is 51.7 Å². The number of para-hydroxylation sites is 1. The molecule has 0 aromatic heterocycles. The molecule has 0 spiro atoms. The lowest BCUT2D eigenvalue weighted by molar-refractivity contribution is 0.111. The smallest absolute Gasteiger partial charge is 0.411 e. The molecule has 0 radical (unpaired) electrons. The second kappa shape index (κ2) is 7.11. The summed E-state index contributed by atoms with van der Waals surface area (Å²) < 4.78 is 5.17. The number of piperazine rings is 1. The SMILES string of the molecule is CN1CCN(CCOC(=O)Nc2ccccc2)CC1. The predicted octanol–water partition coefficient (Wildman–Crippen LogP) is 1.48. The molecule has 2 rings (SSSR count). The molecular formula is C14H21N3O2. The third kappa shape index (κ3) is 4.89. The van der Waals surface area contributed by atoms with Gasteiger partial charge in [0, 0.05) is 38.4 Å². The first-order valence-electron chi connectivity index (χ1n) is 6.64. The van der Waals surface area contributed by atoms with Crippen molar-refractivity contribution in [1.82, 2.24) is 9.80 Å². The number of hydrogen-bond acceptors (Lipinski definition) is 4. The highest BCUT2D eigenvalue weighted by Gasteiger charge is 2.13. The van der Waals surface area contributed by atoms with Crippen LogP contribution in [0.15, 0.2) is 30.3 Å². The van der Waals surface area contributed by atoms with E-state index in [0.717, 1.165) is 38.4 Å². The van der Waals surface area contributed by atoms with Gasteiger partial charge in [-0.2, -0.15) is 0 Å². The fourth-order valence-corrected chi connectivity index (χ4v) is 2.01. The minimum absolute atomic E-state index is 0.389. The standard InChI is InChI=1S/C14H21N3O2/c1-16-7-9-17(10-8-16)11-12-19-14(18)15-13-5-3-2-4-6-13/h2-6H,7-12H2,1H3,(H,15,18). The van der Waals surface area contributed by atoms with Crippen molar-refractivity contribution in [2.24, 2.45) is 0 Å². The van der Waals surface area contributed by atoms with Crippen molar-refractivity contribution >= 4 is 11.8 Å². The lowest BCUT2D eigenvalue weighted by atomic mass is 10.3. The Hall–Kier alpha value is -1.59. The third-order valence-electron chi connectivity index (χ3n) is 3.26. The van der Waals surface area contributed by atoms with Gasteiger partial charge in [-0.3, -0.25) is 10.2 Å². The fourth-order valence-electron chi connectivity index (χ4n) is 2.01. The maximum atomic E-state index is 11.5. The molecule has 1 amide bonds. The quantitative estimate of drug-likeness (QED) is 0.894. The van der Waals surface area contributed by atoms with Crippen LogP contribution in [0.2, 0.25) is 0 Å². The monoisotopic (exact) mass is 263 g/mol. The average molecular weight is 263 g/mol. The van der Waals surface area contributed by atoms with Crippen LogP contribution in [0.25, 0.3) is 0 Å². The number of nitrogens with one attached hydrogen (secondary N) is 1. The third-order valence-corrected chi connectivity index (χ3v) is 3.26. The average Bonchev–Trinajstić information content (AvgIpc) is 2.42. The van der Waals surface area contributed by atoms with Crippen LogP contribution in [-0.4, -0.2) is 62.3 Å². The summed E-state index contributed by atoms with van der Waals surface area (Å²) in [6, 6.07) is 9.33. The van der Waals surface area contributed by atoms with Gasteiger partial charge in [0.1, 0.15) is 6.61 Å². The normalized spacial score (nSPS) is 17.1. The van der Waals surface area contributed by atoms with Gasteiger partial charge < -0.3 is 9.64 Å². The summed E-state index contributed by atoms with van der Waals surface area (Å²) in [6.45, 7) is 5.48. The Morgan fingerprint density at radius 3 is 2.58 bits per heavy atom. The zero-order chi connectivity index (χ0) is 13.5. The summed E-state index contributed by atoms with van der Waals surface area (Å²) in [5, 5.41) is 2.70. The van der Waals surface area contributed by atoms with Crippen LogP contribution in [0.4, 0.5) is 10.5 Å². The van der Waals surface area contributed by atoms with Crippen LogP contribution in [0.5, 0.6) is 0 Å². The van der Waals surface area contributed by atoms with Crippen LogP contribution < -0.4 is 5.32 Å². The molecule has 5 nitrogen and oxygen atoms in total. The molecule has 1 saturated heterocycles. The number of benzene rings is 1. The van der Waals surface area contributed by atoms with E-state index in [2.05, 4.69) is 22.2 Å². The molecule has 5 heteroatoms. The highest BCUT2D eigenvalue weighted by molar-refractivity contribution is 5.84. The molecule has 1 aliphatic heterocycles. The summed E-state index contributed by atoms with van der Waals surface area (Å²) in [6.07, 6.45) is -0.389. The second-order valence-electron chi connectivity index (χ2n) is 4.77. The lowest BCUT2D eigenvalue weighted by Crippen LogP contribution is -2.45. The Bertz CT molecular complexity index is 389. The number of hydrogen-bond donors (Lipinski definition) is 1. The molecule has 0 bridgehead atoms. The van der Waals surface area contributed by atoms with Crippen molar-refractivity contribution in [3.05, 3.63) is 30.3 Å². The Kier molecular flexibility index (Phi) is 5.18. The van der Waals surface area contributed by atoms with Gasteiger partial charge in [-0.15, -0.1) is 0 Å². The zero-order valence-electron chi connectivity index (χ0n) is 11.3. The van der Waals surface area contributed by atoms with E-state index in [1.165, 1.54) is 0 Å². The Balaban J connectivity index is 1.62. The number of ether oxygens (including phenoxy) is 1. The van der Waals surface area contributed by atoms with Gasteiger partial charge in [-0.25, -0.2) is 4.79 Å². The molecular weight excluding hydrogens is 242 g/mol. The molecule has 0 unspecified atom stereocenters. The van der Waals surface area contributed by atoms with Crippen LogP contribution in [-0.2, 0) is 4.74 Å². The van der Waals surface area contributed by atoms with Crippen molar-refractivity contribution in [1.29, 1.82) is 0 Å². The zero-order valence-corrected chi connectivity index (χ0v) is 11.3. The van der Waals surface area contributed by atoms with E-state index in [-0.39, 0.29) is 6.09 Å². The maximum absolute atomic E-state index is 11.5. The van der Waals surface area contributed by atoms with E-state index in [9.17, 15) is 4.79 Å². The minimum Gasteiger partial charge on any atom is -0.448 e. The Morgan fingerprint density at radius 2 is 1.89 bits per heavy atom. The van der Waals surface area contributed by atoms with Gasteiger partial charge in [0.25, 0.3) is 0 Å². The van der Waals surface area contributed by atoms with Gasteiger partial charge in [0.05, 0.1) is 0 Å². The van der Waals surface area contributed by atoms with Crippen LogP contribution in [0.1, 0.15) is 0 Å². The van der Waals surface area contributed by atoms with E-state index in [1.54, 1.807) is 0 Å². The summed E-state index contributed by atoms with van der Waals surface area (Å²) >= 11 is 0. The number of likely N-dealkylation sites (N-methyl/N-ethyl adjacent to an activating group) is 1. The van der Waals surface area contributed by atoms with Gasteiger partial charge in [0.2, 0.25) is 0 Å². The first-order valence-corrected chi connectivity index (χ1v) is 6.64. The number of amides is 1. The van der Waals surface area contributed by atoms with Crippen molar-refractivity contribution in [3.8, 4) is 0 Å². The Labute approximate surface area is 114 Å². The first kappa shape index (κ1) is 13.8. The molecule has 1 aromatic rings. The van der Waals surface area contributed by atoms with Crippen LogP contribution in [0.3, 0.4) is 0 Å². The van der Waals surface area contributed by atoms with E-state index < -0.39 is 0 Å². The molecule has 0 saturated carbocycles. The molecule has 0 aliphatic carbocycles. The molecule has 104 valence electrons. The number of rotatable bonds is 4. The van der Waals surface area contributed by atoms with E-state index >= 15 is 0 Å².